The molecule has 2 aromatic rings. The van der Waals surface area contributed by atoms with E-state index < -0.39 is 0 Å². The van der Waals surface area contributed by atoms with Crippen LogP contribution in [0.25, 0.3) is 0 Å². The number of ether oxygens (including phenoxy) is 2. The Kier molecular flexibility index (Phi) is 4.20. The summed E-state index contributed by atoms with van der Waals surface area (Å²) in [5.41, 5.74) is 3.39. The van der Waals surface area contributed by atoms with Crippen LogP contribution in [0.3, 0.4) is 0 Å². The molecule has 0 aromatic heterocycles. The molecule has 0 spiro atoms. The fourth-order valence-corrected chi connectivity index (χ4v) is 2.57. The molecule has 1 aliphatic heterocycles. The quantitative estimate of drug-likeness (QED) is 0.910. The van der Waals surface area contributed by atoms with Crippen LogP contribution >= 0.6 is 11.6 Å². The summed E-state index contributed by atoms with van der Waals surface area (Å²) in [4.78, 5) is 0. The van der Waals surface area contributed by atoms with E-state index in [1.165, 1.54) is 0 Å². The maximum absolute atomic E-state index is 5.97. The van der Waals surface area contributed by atoms with E-state index in [0.717, 1.165) is 46.3 Å². The summed E-state index contributed by atoms with van der Waals surface area (Å²) in [5, 5.41) is 4.18. The summed E-state index contributed by atoms with van der Waals surface area (Å²) in [7, 11) is 0. The van der Waals surface area contributed by atoms with Gasteiger partial charge in [-0.3, -0.25) is 0 Å². The Balaban J connectivity index is 1.72. The Morgan fingerprint density at radius 1 is 1.05 bits per heavy atom. The summed E-state index contributed by atoms with van der Waals surface area (Å²) in [5.74, 6) is 1.67. The number of hydrogen-bond donors (Lipinski definition) is 1. The van der Waals surface area contributed by atoms with E-state index >= 15 is 0 Å². The highest BCUT2D eigenvalue weighted by Crippen LogP contribution is 2.30. The number of halogens is 1. The third-order valence-electron chi connectivity index (χ3n) is 3.48. The molecule has 110 valence electrons. The van der Waals surface area contributed by atoms with Crippen molar-refractivity contribution in [3.63, 3.8) is 0 Å². The van der Waals surface area contributed by atoms with Crippen LogP contribution in [0.2, 0.25) is 5.02 Å². The Bertz CT molecular complexity index is 643. The second-order valence-electron chi connectivity index (χ2n) is 5.14. The van der Waals surface area contributed by atoms with Crippen molar-refractivity contribution < 1.29 is 9.47 Å². The van der Waals surface area contributed by atoms with E-state index in [-0.39, 0.29) is 0 Å². The van der Waals surface area contributed by atoms with Crippen molar-refractivity contribution in [2.45, 2.75) is 19.9 Å². The van der Waals surface area contributed by atoms with Gasteiger partial charge < -0.3 is 14.8 Å². The minimum Gasteiger partial charge on any atom is -0.490 e. The molecule has 0 saturated carbocycles. The van der Waals surface area contributed by atoms with Crippen LogP contribution in [0.1, 0.15) is 17.5 Å². The van der Waals surface area contributed by atoms with Crippen LogP contribution < -0.4 is 14.8 Å². The van der Waals surface area contributed by atoms with Crippen molar-refractivity contribution in [2.24, 2.45) is 0 Å². The molecule has 0 saturated heterocycles. The average molecular weight is 304 g/mol. The summed E-state index contributed by atoms with van der Waals surface area (Å²) >= 11 is 5.97. The van der Waals surface area contributed by atoms with E-state index in [9.17, 15) is 0 Å². The molecule has 0 atom stereocenters. The van der Waals surface area contributed by atoms with Crippen molar-refractivity contribution in [2.75, 3.05) is 18.5 Å². The van der Waals surface area contributed by atoms with Crippen LogP contribution in [0.5, 0.6) is 11.5 Å². The zero-order chi connectivity index (χ0) is 14.7. The van der Waals surface area contributed by atoms with Crippen LogP contribution in [0, 0.1) is 6.92 Å². The molecule has 3 rings (SSSR count). The maximum Gasteiger partial charge on any atom is 0.161 e. The standard InChI is InChI=1S/C17H18ClNO2/c1-12-9-14(18)4-5-15(12)19-11-13-3-6-16-17(10-13)21-8-2-7-20-16/h3-6,9-10,19H,2,7-8,11H2,1H3. The van der Waals surface area contributed by atoms with Gasteiger partial charge in [-0.15, -0.1) is 0 Å². The van der Waals surface area contributed by atoms with Crippen LogP contribution in [-0.2, 0) is 6.54 Å². The van der Waals surface area contributed by atoms with E-state index in [2.05, 4.69) is 11.4 Å². The molecular formula is C17H18ClNO2. The lowest BCUT2D eigenvalue weighted by atomic mass is 10.1. The fraction of sp³-hybridized carbons (Fsp3) is 0.294. The molecule has 0 radical (unpaired) electrons. The maximum atomic E-state index is 5.97. The van der Waals surface area contributed by atoms with E-state index in [1.807, 2.05) is 37.3 Å². The number of fused-ring (bicyclic) bond motifs is 1. The van der Waals surface area contributed by atoms with Crippen LogP contribution in [0.15, 0.2) is 36.4 Å². The van der Waals surface area contributed by atoms with Gasteiger partial charge in [0.1, 0.15) is 0 Å². The molecule has 1 N–H and O–H groups in total. The normalized spacial score (nSPS) is 13.6. The largest absolute Gasteiger partial charge is 0.490 e. The minimum atomic E-state index is 0.709. The SMILES string of the molecule is Cc1cc(Cl)ccc1NCc1ccc2c(c1)OCCCO2. The van der Waals surface area contributed by atoms with Crippen molar-refractivity contribution >= 4 is 17.3 Å². The molecular weight excluding hydrogens is 286 g/mol. The molecule has 0 bridgehead atoms. The van der Waals surface area contributed by atoms with Crippen molar-refractivity contribution in [1.82, 2.24) is 0 Å². The second-order valence-corrected chi connectivity index (χ2v) is 5.58. The van der Waals surface area contributed by atoms with Gasteiger partial charge in [-0.05, 0) is 48.4 Å². The third kappa shape index (κ3) is 3.42. The molecule has 0 unspecified atom stereocenters. The Morgan fingerprint density at radius 2 is 1.86 bits per heavy atom. The predicted molar refractivity (Wildman–Crippen MR) is 85.6 cm³/mol. The van der Waals surface area contributed by atoms with Gasteiger partial charge in [0.25, 0.3) is 0 Å². The minimum absolute atomic E-state index is 0.709. The fourth-order valence-electron chi connectivity index (χ4n) is 2.34. The monoisotopic (exact) mass is 303 g/mol. The first-order chi connectivity index (χ1) is 10.2. The first-order valence-corrected chi connectivity index (χ1v) is 7.49. The highest BCUT2D eigenvalue weighted by atomic mass is 35.5. The highest BCUT2D eigenvalue weighted by molar-refractivity contribution is 6.30. The van der Waals surface area contributed by atoms with Gasteiger partial charge in [-0.2, -0.15) is 0 Å². The van der Waals surface area contributed by atoms with Gasteiger partial charge in [0.05, 0.1) is 13.2 Å². The van der Waals surface area contributed by atoms with Gasteiger partial charge in [-0.25, -0.2) is 0 Å². The lowest BCUT2D eigenvalue weighted by molar-refractivity contribution is 0.297. The first-order valence-electron chi connectivity index (χ1n) is 7.11. The summed E-state index contributed by atoms with van der Waals surface area (Å²) in [6.45, 7) is 4.20. The number of anilines is 1. The lowest BCUT2D eigenvalue weighted by Crippen LogP contribution is -2.02. The predicted octanol–water partition coefficient (Wildman–Crippen LogP) is 4.42. The van der Waals surface area contributed by atoms with Crippen molar-refractivity contribution in [3.8, 4) is 11.5 Å². The van der Waals surface area contributed by atoms with Crippen molar-refractivity contribution in [3.05, 3.63) is 52.5 Å². The smallest absolute Gasteiger partial charge is 0.161 e. The second kappa shape index (κ2) is 6.27. The van der Waals surface area contributed by atoms with E-state index in [0.29, 0.717) is 13.2 Å². The van der Waals surface area contributed by atoms with E-state index in [1.54, 1.807) is 0 Å². The Labute approximate surface area is 129 Å². The van der Waals surface area contributed by atoms with Gasteiger partial charge >= 0.3 is 0 Å². The number of benzene rings is 2. The third-order valence-corrected chi connectivity index (χ3v) is 3.72. The van der Waals surface area contributed by atoms with Gasteiger partial charge in [0, 0.05) is 23.7 Å². The highest BCUT2D eigenvalue weighted by Gasteiger charge is 2.10. The van der Waals surface area contributed by atoms with Gasteiger partial charge in [0.2, 0.25) is 0 Å². The Morgan fingerprint density at radius 3 is 2.67 bits per heavy atom. The average Bonchev–Trinajstić information content (AvgIpc) is 2.71. The van der Waals surface area contributed by atoms with Crippen LogP contribution in [0.4, 0.5) is 5.69 Å². The van der Waals surface area contributed by atoms with Crippen molar-refractivity contribution in [1.29, 1.82) is 0 Å². The number of nitrogens with one attached hydrogen (secondary N) is 1. The molecule has 0 fully saturated rings. The van der Waals surface area contributed by atoms with Gasteiger partial charge in [-0.1, -0.05) is 17.7 Å². The van der Waals surface area contributed by atoms with Gasteiger partial charge in [0.15, 0.2) is 11.5 Å². The summed E-state index contributed by atoms with van der Waals surface area (Å²) in [6.07, 6.45) is 0.923. The first kappa shape index (κ1) is 14.1. The number of rotatable bonds is 3. The molecule has 0 aliphatic carbocycles. The molecule has 21 heavy (non-hydrogen) atoms. The molecule has 3 nitrogen and oxygen atoms in total. The van der Waals surface area contributed by atoms with E-state index in [4.69, 9.17) is 21.1 Å². The summed E-state index contributed by atoms with van der Waals surface area (Å²) in [6, 6.07) is 11.9. The molecule has 1 aliphatic rings. The molecule has 1 heterocycles. The number of hydrogen-bond acceptors (Lipinski definition) is 3. The zero-order valence-electron chi connectivity index (χ0n) is 12.0. The lowest BCUT2D eigenvalue weighted by Gasteiger charge is -2.12. The summed E-state index contributed by atoms with van der Waals surface area (Å²) < 4.78 is 11.3. The Hall–Kier alpha value is -1.87. The molecule has 4 heteroatoms. The molecule has 0 amide bonds. The number of aryl methyl sites for hydroxylation is 1. The van der Waals surface area contributed by atoms with Crippen LogP contribution in [-0.4, -0.2) is 13.2 Å². The molecule has 2 aromatic carbocycles. The zero-order valence-corrected chi connectivity index (χ0v) is 12.7. The topological polar surface area (TPSA) is 30.5 Å².